The van der Waals surface area contributed by atoms with Crippen molar-refractivity contribution < 1.29 is 14.3 Å². The van der Waals surface area contributed by atoms with Crippen molar-refractivity contribution in [2.45, 2.75) is 77.5 Å². The summed E-state index contributed by atoms with van der Waals surface area (Å²) in [5.74, 6) is -0.0888. The number of carbonyl (C=O) groups is 2. The van der Waals surface area contributed by atoms with Crippen LogP contribution in [0.1, 0.15) is 70.7 Å². The van der Waals surface area contributed by atoms with Crippen molar-refractivity contribution in [1.29, 1.82) is 0 Å². The molecule has 1 heterocycles. The van der Waals surface area contributed by atoms with Gasteiger partial charge in [0, 0.05) is 50.0 Å². The molecule has 0 radical (unpaired) electrons. The van der Waals surface area contributed by atoms with Gasteiger partial charge in [-0.05, 0) is 71.7 Å². The van der Waals surface area contributed by atoms with E-state index in [0.29, 0.717) is 18.2 Å². The minimum absolute atomic E-state index is 0.0888. The zero-order chi connectivity index (χ0) is 23.4. The number of alkyl carbamates (subject to hydrolysis) is 1. The second-order valence-corrected chi connectivity index (χ2v) is 10.5. The first-order valence-corrected chi connectivity index (χ1v) is 12.0. The zero-order valence-corrected chi connectivity index (χ0v) is 20.4. The molecule has 2 N–H and O–H groups in total. The maximum Gasteiger partial charge on any atom is 0.407 e. The minimum atomic E-state index is -0.542. The average molecular weight is 445 g/mol. The fraction of sp³-hybridized carbons (Fsp3) is 0.680. The molecule has 1 aromatic carbocycles. The fourth-order valence-electron chi connectivity index (χ4n) is 4.59. The number of benzene rings is 1. The molecule has 2 aliphatic rings. The molecule has 0 aromatic heterocycles. The molecule has 0 spiro atoms. The number of hydrogen-bond donors (Lipinski definition) is 2. The number of hydrogen-bond acceptors (Lipinski definition) is 5. The smallest absolute Gasteiger partial charge is 0.407 e. The van der Waals surface area contributed by atoms with Gasteiger partial charge in [-0.1, -0.05) is 12.8 Å². The van der Waals surface area contributed by atoms with Crippen LogP contribution in [0.2, 0.25) is 0 Å². The van der Waals surface area contributed by atoms with Gasteiger partial charge in [-0.15, -0.1) is 0 Å². The Morgan fingerprint density at radius 3 is 2.16 bits per heavy atom. The highest BCUT2D eigenvalue weighted by Gasteiger charge is 2.36. The highest BCUT2D eigenvalue weighted by molar-refractivity contribution is 5.95. The molecule has 0 unspecified atom stereocenters. The Kier molecular flexibility index (Phi) is 7.70. The van der Waals surface area contributed by atoms with Crippen molar-refractivity contribution in [2.75, 3.05) is 37.6 Å². The molecule has 0 bridgehead atoms. The summed E-state index contributed by atoms with van der Waals surface area (Å²) >= 11 is 0. The van der Waals surface area contributed by atoms with Crippen LogP contribution in [0.5, 0.6) is 0 Å². The molecule has 32 heavy (non-hydrogen) atoms. The van der Waals surface area contributed by atoms with Crippen LogP contribution in [0.25, 0.3) is 0 Å². The molecule has 7 heteroatoms. The molecular weight excluding hydrogens is 404 g/mol. The van der Waals surface area contributed by atoms with E-state index in [1.165, 1.54) is 0 Å². The maximum absolute atomic E-state index is 13.0. The van der Waals surface area contributed by atoms with Crippen LogP contribution in [0, 0.1) is 0 Å². The highest BCUT2D eigenvalue weighted by atomic mass is 16.6. The number of ether oxygens (including phenoxy) is 1. The Morgan fingerprint density at radius 1 is 1.03 bits per heavy atom. The van der Waals surface area contributed by atoms with Crippen molar-refractivity contribution in [3.63, 3.8) is 0 Å². The lowest BCUT2D eigenvalue weighted by Crippen LogP contribution is -2.54. The average Bonchev–Trinajstić information content (AvgIpc) is 3.20. The van der Waals surface area contributed by atoms with Crippen LogP contribution in [-0.2, 0) is 4.74 Å². The van der Waals surface area contributed by atoms with Crippen molar-refractivity contribution in [3.8, 4) is 0 Å². The summed E-state index contributed by atoms with van der Waals surface area (Å²) in [5.41, 5.74) is 0.851. The largest absolute Gasteiger partial charge is 0.444 e. The van der Waals surface area contributed by atoms with Gasteiger partial charge >= 0.3 is 6.09 Å². The van der Waals surface area contributed by atoms with Crippen molar-refractivity contribution in [1.82, 2.24) is 15.5 Å². The Bertz CT molecular complexity index is 771. The van der Waals surface area contributed by atoms with Gasteiger partial charge in [-0.3, -0.25) is 9.69 Å². The fourth-order valence-corrected chi connectivity index (χ4v) is 4.59. The van der Waals surface area contributed by atoms with Gasteiger partial charge in [0.15, 0.2) is 0 Å². The number of nitrogens with zero attached hydrogens (tertiary/aromatic N) is 2. The lowest BCUT2D eigenvalue weighted by Gasteiger charge is -2.38. The van der Waals surface area contributed by atoms with E-state index in [1.54, 1.807) is 0 Å². The van der Waals surface area contributed by atoms with E-state index in [1.807, 2.05) is 45.0 Å². The summed E-state index contributed by atoms with van der Waals surface area (Å²) in [7, 11) is 0. The molecule has 1 aromatic rings. The number of amides is 2. The first-order valence-electron chi connectivity index (χ1n) is 12.0. The Labute approximate surface area is 192 Å². The van der Waals surface area contributed by atoms with E-state index >= 15 is 0 Å². The molecule has 1 aliphatic heterocycles. The van der Waals surface area contributed by atoms with Crippen molar-refractivity contribution in [2.24, 2.45) is 0 Å². The molecular formula is C25H40N4O3. The third-order valence-corrected chi connectivity index (χ3v) is 6.45. The normalized spacial score (nSPS) is 19.1. The first kappa shape index (κ1) is 24.4. The molecule has 3 rings (SSSR count). The number of nitrogens with one attached hydrogen (secondary N) is 2. The molecule has 0 atom stereocenters. The van der Waals surface area contributed by atoms with Crippen LogP contribution in [0.3, 0.4) is 0 Å². The van der Waals surface area contributed by atoms with Crippen LogP contribution in [0.4, 0.5) is 10.5 Å². The van der Waals surface area contributed by atoms with E-state index in [2.05, 4.69) is 34.3 Å². The zero-order valence-electron chi connectivity index (χ0n) is 20.4. The van der Waals surface area contributed by atoms with Crippen molar-refractivity contribution >= 4 is 17.7 Å². The van der Waals surface area contributed by atoms with Gasteiger partial charge < -0.3 is 20.3 Å². The van der Waals surface area contributed by atoms with E-state index in [0.717, 1.165) is 57.5 Å². The SMILES string of the molecule is CC(C)N1CCN(c2ccc(C(=O)NC3(CNC(=O)OC(C)(C)C)CCCC3)cc2)CC1. The van der Waals surface area contributed by atoms with Crippen LogP contribution < -0.4 is 15.5 Å². The Hall–Kier alpha value is -2.28. The minimum Gasteiger partial charge on any atom is -0.444 e. The van der Waals surface area contributed by atoms with Gasteiger partial charge in [-0.25, -0.2) is 4.79 Å². The maximum atomic E-state index is 13.0. The molecule has 178 valence electrons. The third-order valence-electron chi connectivity index (χ3n) is 6.45. The Balaban J connectivity index is 1.57. The quantitative estimate of drug-likeness (QED) is 0.698. The van der Waals surface area contributed by atoms with E-state index in [9.17, 15) is 9.59 Å². The summed E-state index contributed by atoms with van der Waals surface area (Å²) in [6.45, 7) is 14.5. The standard InChI is InChI=1S/C25H40N4O3/c1-19(2)28-14-16-29(17-15-28)21-10-8-20(9-11-21)22(30)27-25(12-6-7-13-25)18-26-23(31)32-24(3,4)5/h8-11,19H,6-7,12-18H2,1-5H3,(H,26,31)(H,27,30). The number of anilines is 1. The number of carbonyl (C=O) groups excluding carboxylic acids is 2. The number of piperazine rings is 1. The lowest BCUT2D eigenvalue weighted by molar-refractivity contribution is 0.0505. The summed E-state index contributed by atoms with van der Waals surface area (Å²) in [6.07, 6.45) is 3.34. The summed E-state index contributed by atoms with van der Waals surface area (Å²) in [5, 5.41) is 6.07. The summed E-state index contributed by atoms with van der Waals surface area (Å²) < 4.78 is 5.35. The summed E-state index contributed by atoms with van der Waals surface area (Å²) in [4.78, 5) is 30.0. The molecule has 1 saturated carbocycles. The summed E-state index contributed by atoms with van der Waals surface area (Å²) in [6, 6.07) is 8.48. The molecule has 7 nitrogen and oxygen atoms in total. The highest BCUT2D eigenvalue weighted by Crippen LogP contribution is 2.30. The molecule has 1 aliphatic carbocycles. The van der Waals surface area contributed by atoms with Crippen LogP contribution >= 0.6 is 0 Å². The number of rotatable bonds is 6. The van der Waals surface area contributed by atoms with Gasteiger partial charge in [-0.2, -0.15) is 0 Å². The van der Waals surface area contributed by atoms with Crippen LogP contribution in [0.15, 0.2) is 24.3 Å². The van der Waals surface area contributed by atoms with Gasteiger partial charge in [0.25, 0.3) is 5.91 Å². The molecule has 1 saturated heterocycles. The third kappa shape index (κ3) is 6.61. The molecule has 2 fully saturated rings. The predicted molar refractivity (Wildman–Crippen MR) is 128 cm³/mol. The first-order chi connectivity index (χ1) is 15.1. The van der Waals surface area contributed by atoms with Gasteiger partial charge in [0.2, 0.25) is 0 Å². The van der Waals surface area contributed by atoms with Crippen molar-refractivity contribution in [3.05, 3.63) is 29.8 Å². The lowest BCUT2D eigenvalue weighted by atomic mass is 9.96. The van der Waals surface area contributed by atoms with E-state index in [-0.39, 0.29) is 5.91 Å². The second-order valence-electron chi connectivity index (χ2n) is 10.5. The van der Waals surface area contributed by atoms with Crippen LogP contribution in [-0.4, -0.2) is 66.8 Å². The molecule has 2 amide bonds. The monoisotopic (exact) mass is 444 g/mol. The van der Waals surface area contributed by atoms with E-state index < -0.39 is 17.2 Å². The van der Waals surface area contributed by atoms with Gasteiger partial charge in [0.05, 0.1) is 5.54 Å². The topological polar surface area (TPSA) is 73.9 Å². The Morgan fingerprint density at radius 2 is 1.62 bits per heavy atom. The predicted octanol–water partition coefficient (Wildman–Crippen LogP) is 3.78. The second kappa shape index (κ2) is 10.1. The van der Waals surface area contributed by atoms with E-state index in [4.69, 9.17) is 4.74 Å². The van der Waals surface area contributed by atoms with Gasteiger partial charge in [0.1, 0.15) is 5.60 Å².